The van der Waals surface area contributed by atoms with E-state index in [9.17, 15) is 9.90 Å². The molecule has 3 rings (SSSR count). The van der Waals surface area contributed by atoms with Crippen molar-refractivity contribution in [3.8, 4) is 17.2 Å². The lowest BCUT2D eigenvalue weighted by Crippen LogP contribution is -2.55. The topological polar surface area (TPSA) is 111 Å². The van der Waals surface area contributed by atoms with Crippen LogP contribution in [0, 0.1) is 11.3 Å². The zero-order chi connectivity index (χ0) is 20.8. The number of carbonyl (C=O) groups is 1. The van der Waals surface area contributed by atoms with Crippen LogP contribution in [0.5, 0.6) is 0 Å². The van der Waals surface area contributed by atoms with Crippen LogP contribution in [0.4, 0.5) is 0 Å². The van der Waals surface area contributed by atoms with Crippen LogP contribution in [0.1, 0.15) is 24.0 Å². The maximum Gasteiger partial charge on any atom is 0.237 e. The highest BCUT2D eigenvalue weighted by molar-refractivity contribution is 7.80. The standard InChI is InChI=1S/C22H26N4O2S/c23-13-15-3-7-17(8-4-15)16-5-1-14(2-6-16)11-19(21(24)29)26-22(28)20-12-18(27)9-10-25-20/h1-8,18-21,25,27,29H,9-12,24H2,(H,26,28)/t18-,19-,20-,21?/m0/s1. The average molecular weight is 411 g/mol. The van der Waals surface area contributed by atoms with Crippen LogP contribution < -0.4 is 16.4 Å². The monoisotopic (exact) mass is 410 g/mol. The molecule has 0 aliphatic carbocycles. The number of hydrogen-bond acceptors (Lipinski definition) is 6. The van der Waals surface area contributed by atoms with Crippen molar-refractivity contribution in [2.24, 2.45) is 5.73 Å². The van der Waals surface area contributed by atoms with Crippen molar-refractivity contribution in [3.63, 3.8) is 0 Å². The number of hydrogen-bond donors (Lipinski definition) is 5. The van der Waals surface area contributed by atoms with Crippen molar-refractivity contribution in [3.05, 3.63) is 59.7 Å². The van der Waals surface area contributed by atoms with Crippen molar-refractivity contribution in [1.82, 2.24) is 10.6 Å². The van der Waals surface area contributed by atoms with Gasteiger partial charge in [0.1, 0.15) is 0 Å². The van der Waals surface area contributed by atoms with Crippen LogP contribution in [-0.4, -0.2) is 41.1 Å². The number of rotatable bonds is 6. The van der Waals surface area contributed by atoms with Gasteiger partial charge in [0.25, 0.3) is 0 Å². The Balaban J connectivity index is 1.64. The molecule has 6 nitrogen and oxygen atoms in total. The average Bonchev–Trinajstić information content (AvgIpc) is 2.73. The molecule has 0 spiro atoms. The number of thiol groups is 1. The van der Waals surface area contributed by atoms with E-state index in [1.165, 1.54) is 0 Å². The summed E-state index contributed by atoms with van der Waals surface area (Å²) in [5.74, 6) is -0.160. The Bertz CT molecular complexity index is 862. The first-order valence-corrected chi connectivity index (χ1v) is 10.2. The lowest BCUT2D eigenvalue weighted by Gasteiger charge is -2.29. The third kappa shape index (κ3) is 5.81. The number of carbonyl (C=O) groups excluding carboxylic acids is 1. The predicted molar refractivity (Wildman–Crippen MR) is 116 cm³/mol. The number of aliphatic hydroxyl groups excluding tert-OH is 1. The van der Waals surface area contributed by atoms with Gasteiger partial charge in [-0.15, -0.1) is 0 Å². The number of nitrogens with zero attached hydrogens (tertiary/aromatic N) is 1. The van der Waals surface area contributed by atoms with Crippen LogP contribution in [-0.2, 0) is 11.2 Å². The molecule has 7 heteroatoms. The van der Waals surface area contributed by atoms with Crippen LogP contribution in [0.3, 0.4) is 0 Å². The zero-order valence-electron chi connectivity index (χ0n) is 16.1. The normalized spacial score (nSPS) is 21.0. The summed E-state index contributed by atoms with van der Waals surface area (Å²) in [5.41, 5.74) is 9.74. The van der Waals surface area contributed by atoms with Crippen LogP contribution in [0.15, 0.2) is 48.5 Å². The van der Waals surface area contributed by atoms with Gasteiger partial charge in [-0.1, -0.05) is 36.4 Å². The summed E-state index contributed by atoms with van der Waals surface area (Å²) in [4.78, 5) is 12.5. The smallest absolute Gasteiger partial charge is 0.237 e. The molecule has 1 aliphatic heterocycles. The van der Waals surface area contributed by atoms with E-state index in [1.54, 1.807) is 12.1 Å². The van der Waals surface area contributed by atoms with Gasteiger partial charge in [-0.3, -0.25) is 4.79 Å². The van der Waals surface area contributed by atoms with Gasteiger partial charge in [-0.2, -0.15) is 17.9 Å². The van der Waals surface area contributed by atoms with Crippen molar-refractivity contribution in [2.45, 2.75) is 42.8 Å². The van der Waals surface area contributed by atoms with Gasteiger partial charge in [0.2, 0.25) is 5.91 Å². The zero-order valence-corrected chi connectivity index (χ0v) is 17.0. The molecule has 29 heavy (non-hydrogen) atoms. The molecule has 1 heterocycles. The second kappa shape index (κ2) is 9.90. The second-order valence-corrected chi connectivity index (χ2v) is 7.98. The minimum absolute atomic E-state index is 0.160. The van der Waals surface area contributed by atoms with Crippen LogP contribution >= 0.6 is 12.6 Å². The summed E-state index contributed by atoms with van der Waals surface area (Å²) >= 11 is 4.34. The highest BCUT2D eigenvalue weighted by Crippen LogP contribution is 2.21. The summed E-state index contributed by atoms with van der Waals surface area (Å²) in [6.07, 6.45) is 1.16. The second-order valence-electron chi connectivity index (χ2n) is 7.38. The van der Waals surface area contributed by atoms with Gasteiger partial charge in [-0.25, -0.2) is 0 Å². The minimum atomic E-state index is -0.509. The van der Waals surface area contributed by atoms with Crippen molar-refractivity contribution < 1.29 is 9.90 Å². The molecule has 1 unspecified atom stereocenters. The van der Waals surface area contributed by atoms with E-state index >= 15 is 0 Å². The van der Waals surface area contributed by atoms with E-state index in [0.29, 0.717) is 31.4 Å². The molecular weight excluding hydrogens is 384 g/mol. The first-order chi connectivity index (χ1) is 14.0. The van der Waals surface area contributed by atoms with Crippen LogP contribution in [0.25, 0.3) is 11.1 Å². The van der Waals surface area contributed by atoms with Gasteiger partial charge in [-0.05, 0) is 54.6 Å². The Kier molecular flexibility index (Phi) is 7.29. The van der Waals surface area contributed by atoms with Gasteiger partial charge in [0.05, 0.1) is 35.2 Å². The summed E-state index contributed by atoms with van der Waals surface area (Å²) in [6.45, 7) is 0.619. The molecule has 1 fully saturated rings. The fourth-order valence-electron chi connectivity index (χ4n) is 3.46. The minimum Gasteiger partial charge on any atom is -0.393 e. The largest absolute Gasteiger partial charge is 0.393 e. The van der Waals surface area contributed by atoms with E-state index in [0.717, 1.165) is 16.7 Å². The molecule has 1 aliphatic rings. The predicted octanol–water partition coefficient (Wildman–Crippen LogP) is 1.58. The molecule has 152 valence electrons. The highest BCUT2D eigenvalue weighted by Gasteiger charge is 2.28. The Labute approximate surface area is 176 Å². The Hall–Kier alpha value is -2.37. The highest BCUT2D eigenvalue weighted by atomic mass is 32.1. The van der Waals surface area contributed by atoms with Crippen LogP contribution in [0.2, 0.25) is 0 Å². The number of nitrogens with two attached hydrogens (primary N) is 1. The number of amides is 1. The first-order valence-electron chi connectivity index (χ1n) is 9.71. The summed E-state index contributed by atoms with van der Waals surface area (Å²) in [5, 5.41) is 24.3. The van der Waals surface area contributed by atoms with E-state index in [4.69, 9.17) is 11.0 Å². The summed E-state index contributed by atoms with van der Waals surface area (Å²) < 4.78 is 0. The summed E-state index contributed by atoms with van der Waals surface area (Å²) in [7, 11) is 0. The molecule has 0 radical (unpaired) electrons. The SMILES string of the molecule is N#Cc1ccc(-c2ccc(C[C@H](NC(=O)[C@@H]3C[C@@H](O)CCN3)C(N)S)cc2)cc1. The maximum absolute atomic E-state index is 12.5. The molecule has 2 aromatic carbocycles. The summed E-state index contributed by atoms with van der Waals surface area (Å²) in [6, 6.07) is 16.9. The fraction of sp³-hybridized carbons (Fsp3) is 0.364. The molecule has 1 amide bonds. The van der Waals surface area contributed by atoms with E-state index < -0.39 is 17.5 Å². The van der Waals surface area contributed by atoms with Crippen molar-refractivity contribution in [1.29, 1.82) is 5.26 Å². The Morgan fingerprint density at radius 1 is 1.24 bits per heavy atom. The molecule has 2 aromatic rings. The lowest BCUT2D eigenvalue weighted by atomic mass is 9.98. The number of benzene rings is 2. The van der Waals surface area contributed by atoms with E-state index in [2.05, 4.69) is 29.3 Å². The number of aliphatic hydroxyl groups is 1. The Morgan fingerprint density at radius 3 is 2.41 bits per heavy atom. The molecule has 0 saturated carbocycles. The molecule has 0 aromatic heterocycles. The number of piperidine rings is 1. The van der Waals surface area contributed by atoms with Gasteiger partial charge in [0, 0.05) is 0 Å². The molecule has 4 atom stereocenters. The Morgan fingerprint density at radius 2 is 1.86 bits per heavy atom. The van der Waals surface area contributed by atoms with E-state index in [-0.39, 0.29) is 11.9 Å². The molecule has 0 bridgehead atoms. The number of nitrogens with one attached hydrogen (secondary N) is 2. The molecule has 5 N–H and O–H groups in total. The lowest BCUT2D eigenvalue weighted by molar-refractivity contribution is -0.125. The fourth-order valence-corrected chi connectivity index (χ4v) is 3.64. The molecular formula is C22H26N4O2S. The third-order valence-corrected chi connectivity index (χ3v) is 5.55. The van der Waals surface area contributed by atoms with E-state index in [1.807, 2.05) is 36.4 Å². The van der Waals surface area contributed by atoms with Gasteiger partial charge in [0.15, 0.2) is 0 Å². The first kappa shape index (κ1) is 21.3. The van der Waals surface area contributed by atoms with Gasteiger partial charge < -0.3 is 21.5 Å². The number of nitriles is 1. The maximum atomic E-state index is 12.5. The van der Waals surface area contributed by atoms with Crippen molar-refractivity contribution in [2.75, 3.05) is 6.54 Å². The quantitative estimate of drug-likeness (QED) is 0.367. The van der Waals surface area contributed by atoms with Crippen molar-refractivity contribution >= 4 is 18.5 Å². The molecule has 1 saturated heterocycles. The third-order valence-electron chi connectivity index (χ3n) is 5.19. The van der Waals surface area contributed by atoms with Gasteiger partial charge >= 0.3 is 0 Å².